The number of nitrogens with zero attached hydrogens (tertiary/aromatic N) is 1. The summed E-state index contributed by atoms with van der Waals surface area (Å²) in [5.74, 6) is 0. The highest BCUT2D eigenvalue weighted by atomic mass is 32.1. The summed E-state index contributed by atoms with van der Waals surface area (Å²) in [4.78, 5) is 0. The molecule has 0 heterocycles. The SMILES string of the molecule is COC(=S)c1ccccc1CC#N. The molecule has 0 bridgehead atoms. The zero-order valence-corrected chi connectivity index (χ0v) is 8.10. The van der Waals surface area contributed by atoms with E-state index in [1.54, 1.807) is 0 Å². The average Bonchev–Trinajstić information content (AvgIpc) is 2.18. The lowest BCUT2D eigenvalue weighted by molar-refractivity contribution is 0.415. The van der Waals surface area contributed by atoms with Crippen LogP contribution in [0.15, 0.2) is 24.3 Å². The summed E-state index contributed by atoms with van der Waals surface area (Å²) in [6.07, 6.45) is 0.361. The second kappa shape index (κ2) is 4.58. The maximum Gasteiger partial charge on any atom is 0.191 e. The van der Waals surface area contributed by atoms with Crippen LogP contribution in [0.25, 0.3) is 0 Å². The first kappa shape index (κ1) is 9.69. The van der Waals surface area contributed by atoms with Crippen LogP contribution < -0.4 is 0 Å². The average molecular weight is 191 g/mol. The van der Waals surface area contributed by atoms with E-state index in [-0.39, 0.29) is 0 Å². The zero-order chi connectivity index (χ0) is 9.68. The van der Waals surface area contributed by atoms with Crippen LogP contribution in [-0.2, 0) is 11.2 Å². The van der Waals surface area contributed by atoms with Crippen LogP contribution in [0.2, 0.25) is 0 Å². The van der Waals surface area contributed by atoms with E-state index in [1.807, 2.05) is 24.3 Å². The second-order valence-corrected chi connectivity index (χ2v) is 2.85. The Labute approximate surface area is 82.8 Å². The minimum Gasteiger partial charge on any atom is -0.486 e. The molecular weight excluding hydrogens is 182 g/mol. The second-order valence-electron chi connectivity index (χ2n) is 2.48. The molecule has 0 radical (unpaired) electrons. The van der Waals surface area contributed by atoms with Gasteiger partial charge in [0.15, 0.2) is 5.05 Å². The molecule has 0 saturated heterocycles. The third-order valence-corrected chi connectivity index (χ3v) is 2.08. The molecule has 3 heteroatoms. The molecule has 2 nitrogen and oxygen atoms in total. The monoisotopic (exact) mass is 191 g/mol. The van der Waals surface area contributed by atoms with Gasteiger partial charge in [-0.2, -0.15) is 5.26 Å². The molecule has 0 spiro atoms. The number of ether oxygens (including phenoxy) is 1. The highest BCUT2D eigenvalue weighted by molar-refractivity contribution is 7.80. The van der Waals surface area contributed by atoms with Crippen molar-refractivity contribution in [2.75, 3.05) is 7.11 Å². The Morgan fingerprint density at radius 3 is 2.85 bits per heavy atom. The standard InChI is InChI=1S/C10H9NOS/c1-12-10(13)9-5-3-2-4-8(9)6-7-11/h2-5H,6H2,1H3. The smallest absolute Gasteiger partial charge is 0.191 e. The van der Waals surface area contributed by atoms with Gasteiger partial charge in [0.05, 0.1) is 19.6 Å². The number of nitriles is 1. The van der Waals surface area contributed by atoms with Crippen molar-refractivity contribution >= 4 is 17.3 Å². The van der Waals surface area contributed by atoms with Crippen molar-refractivity contribution in [3.05, 3.63) is 35.4 Å². The Hall–Kier alpha value is -1.40. The molecule has 0 atom stereocenters. The summed E-state index contributed by atoms with van der Waals surface area (Å²) in [7, 11) is 1.53. The van der Waals surface area contributed by atoms with Gasteiger partial charge in [0, 0.05) is 5.56 Å². The van der Waals surface area contributed by atoms with E-state index < -0.39 is 0 Å². The summed E-state index contributed by atoms with van der Waals surface area (Å²) in [5, 5.41) is 9.00. The Kier molecular flexibility index (Phi) is 3.41. The molecule has 1 aromatic carbocycles. The maximum atomic E-state index is 8.56. The van der Waals surface area contributed by atoms with Crippen LogP contribution in [0.3, 0.4) is 0 Å². The fraction of sp³-hybridized carbons (Fsp3) is 0.200. The first-order valence-electron chi connectivity index (χ1n) is 3.82. The van der Waals surface area contributed by atoms with Crippen molar-refractivity contribution in [3.8, 4) is 6.07 Å². The number of rotatable bonds is 2. The van der Waals surface area contributed by atoms with Crippen molar-refractivity contribution < 1.29 is 4.74 Å². The molecule has 66 valence electrons. The van der Waals surface area contributed by atoms with E-state index in [9.17, 15) is 0 Å². The third-order valence-electron chi connectivity index (χ3n) is 1.69. The van der Waals surface area contributed by atoms with Gasteiger partial charge in [0.25, 0.3) is 0 Å². The number of hydrogen-bond donors (Lipinski definition) is 0. The van der Waals surface area contributed by atoms with Crippen LogP contribution in [0.5, 0.6) is 0 Å². The number of methoxy groups -OCH3 is 1. The van der Waals surface area contributed by atoms with Gasteiger partial charge in [-0.3, -0.25) is 0 Å². The van der Waals surface area contributed by atoms with Crippen molar-refractivity contribution in [3.63, 3.8) is 0 Å². The normalized spacial score (nSPS) is 8.92. The Morgan fingerprint density at radius 1 is 1.54 bits per heavy atom. The molecule has 13 heavy (non-hydrogen) atoms. The van der Waals surface area contributed by atoms with Gasteiger partial charge >= 0.3 is 0 Å². The maximum absolute atomic E-state index is 8.56. The largest absolute Gasteiger partial charge is 0.486 e. The first-order chi connectivity index (χ1) is 6.29. The molecule has 1 rings (SSSR count). The summed E-state index contributed by atoms with van der Waals surface area (Å²) in [5.41, 5.74) is 1.75. The highest BCUT2D eigenvalue weighted by Gasteiger charge is 2.05. The summed E-state index contributed by atoms with van der Waals surface area (Å²) in [6.45, 7) is 0. The van der Waals surface area contributed by atoms with E-state index in [1.165, 1.54) is 7.11 Å². The first-order valence-corrected chi connectivity index (χ1v) is 4.23. The lowest BCUT2D eigenvalue weighted by Crippen LogP contribution is -2.03. The van der Waals surface area contributed by atoms with Crippen LogP contribution in [-0.4, -0.2) is 12.2 Å². The Morgan fingerprint density at radius 2 is 2.23 bits per heavy atom. The van der Waals surface area contributed by atoms with Crippen LogP contribution >= 0.6 is 12.2 Å². The molecule has 0 unspecified atom stereocenters. The van der Waals surface area contributed by atoms with Gasteiger partial charge in [-0.15, -0.1) is 0 Å². The van der Waals surface area contributed by atoms with Crippen LogP contribution in [0.1, 0.15) is 11.1 Å². The third kappa shape index (κ3) is 2.27. The van der Waals surface area contributed by atoms with Crippen molar-refractivity contribution in [2.24, 2.45) is 0 Å². The van der Waals surface area contributed by atoms with Gasteiger partial charge < -0.3 is 4.74 Å². The predicted molar refractivity (Wildman–Crippen MR) is 54.5 cm³/mol. The highest BCUT2D eigenvalue weighted by Crippen LogP contribution is 2.11. The molecular formula is C10H9NOS. The molecule has 1 aromatic rings. The molecule has 0 aromatic heterocycles. The van der Waals surface area contributed by atoms with Gasteiger partial charge in [0.1, 0.15) is 0 Å². The summed E-state index contributed by atoms with van der Waals surface area (Å²) in [6, 6.07) is 9.59. The van der Waals surface area contributed by atoms with Crippen molar-refractivity contribution in [2.45, 2.75) is 6.42 Å². The molecule has 0 aliphatic rings. The van der Waals surface area contributed by atoms with Gasteiger partial charge in [-0.05, 0) is 17.8 Å². The molecule has 0 amide bonds. The fourth-order valence-electron chi connectivity index (χ4n) is 1.07. The van der Waals surface area contributed by atoms with E-state index >= 15 is 0 Å². The molecule has 0 aliphatic heterocycles. The van der Waals surface area contributed by atoms with Crippen LogP contribution in [0.4, 0.5) is 0 Å². The molecule has 0 fully saturated rings. The van der Waals surface area contributed by atoms with Crippen LogP contribution in [0, 0.1) is 11.3 Å². The van der Waals surface area contributed by atoms with E-state index in [4.69, 9.17) is 22.2 Å². The quantitative estimate of drug-likeness (QED) is 0.671. The topological polar surface area (TPSA) is 33.0 Å². The minimum absolute atomic E-state index is 0.361. The predicted octanol–water partition coefficient (Wildman–Crippen LogP) is 2.07. The molecule has 0 N–H and O–H groups in total. The minimum atomic E-state index is 0.361. The van der Waals surface area contributed by atoms with Crippen molar-refractivity contribution in [1.29, 1.82) is 5.26 Å². The number of thiocarbonyl (C=S) groups is 1. The van der Waals surface area contributed by atoms with Gasteiger partial charge in [0.2, 0.25) is 0 Å². The van der Waals surface area contributed by atoms with Crippen molar-refractivity contribution in [1.82, 2.24) is 0 Å². The van der Waals surface area contributed by atoms with E-state index in [0.29, 0.717) is 11.5 Å². The molecule has 0 aliphatic carbocycles. The lowest BCUT2D eigenvalue weighted by Gasteiger charge is -2.05. The number of hydrogen-bond acceptors (Lipinski definition) is 3. The number of benzene rings is 1. The van der Waals surface area contributed by atoms with E-state index in [2.05, 4.69) is 6.07 Å². The lowest BCUT2D eigenvalue weighted by atomic mass is 10.1. The summed E-state index contributed by atoms with van der Waals surface area (Å²) >= 11 is 4.99. The summed E-state index contributed by atoms with van der Waals surface area (Å²) < 4.78 is 4.95. The Balaban J connectivity index is 3.05. The Bertz CT molecular complexity index is 354. The fourth-order valence-corrected chi connectivity index (χ4v) is 1.27. The van der Waals surface area contributed by atoms with Gasteiger partial charge in [-0.25, -0.2) is 0 Å². The van der Waals surface area contributed by atoms with E-state index in [0.717, 1.165) is 11.1 Å². The van der Waals surface area contributed by atoms with Gasteiger partial charge in [-0.1, -0.05) is 24.3 Å². The zero-order valence-electron chi connectivity index (χ0n) is 7.28. The molecule has 0 saturated carbocycles.